The first-order valence-corrected chi connectivity index (χ1v) is 33.7. The number of benzene rings is 4. The predicted octanol–water partition coefficient (Wildman–Crippen LogP) is -1.33. The summed E-state index contributed by atoms with van der Waals surface area (Å²) in [5, 5.41) is 55.3. The van der Waals surface area contributed by atoms with E-state index in [0.29, 0.717) is 73.7 Å². The van der Waals surface area contributed by atoms with E-state index < -0.39 is 120 Å². The third-order valence-corrected chi connectivity index (χ3v) is 16.1. The van der Waals surface area contributed by atoms with Crippen molar-refractivity contribution in [1.29, 1.82) is 10.8 Å². The molecule has 0 fully saturated rings. The second kappa shape index (κ2) is 45.5. The molecular weight excluding hydrogens is 1270 g/mol. The van der Waals surface area contributed by atoms with Gasteiger partial charge in [0.1, 0.15) is 54.4 Å². The number of hydrogen-bond donors (Lipinski definition) is 20. The summed E-state index contributed by atoms with van der Waals surface area (Å²) in [4.78, 5) is 142. The molecule has 4 aromatic rings. The molecule has 0 bridgehead atoms. The number of nitrogens with one attached hydrogen (secondary N) is 13. The van der Waals surface area contributed by atoms with E-state index in [4.69, 9.17) is 45.2 Å². The van der Waals surface area contributed by atoms with Crippen LogP contribution in [0.3, 0.4) is 0 Å². The number of unbranched alkanes of at least 4 members (excludes halogenated alkanes) is 3. The Morgan fingerprint density at radius 1 is 0.343 bits per heavy atom. The second-order valence-corrected chi connectivity index (χ2v) is 24.2. The normalized spacial score (nSPS) is 14.0. The Balaban J connectivity index is 1.61. The van der Waals surface area contributed by atoms with Gasteiger partial charge in [0.25, 0.3) is 0 Å². The molecule has 9 amide bonds. The van der Waals surface area contributed by atoms with Crippen molar-refractivity contribution in [3.63, 3.8) is 0 Å². The molecule has 99 heavy (non-hydrogen) atoms. The van der Waals surface area contributed by atoms with E-state index in [0.717, 1.165) is 0 Å². The number of carboxylic acids is 1. The lowest BCUT2D eigenvalue weighted by molar-refractivity contribution is -0.142. The van der Waals surface area contributed by atoms with Gasteiger partial charge >= 0.3 is 5.97 Å². The number of nitrogens with two attached hydrogens (primary N) is 6. The predicted molar refractivity (Wildman–Crippen MR) is 376 cm³/mol. The standard InChI is InChI=1S/C69H103N19O11/c1-44(80-60(91)50(31-15-18-36-71)81-62(93)52(33-20-38-78-68(74)75)84-65(96)55(41-46-24-8-3-9-25-46)86-59(90)49(73)30-14-17-35-70)58(89)85-54(40-45-22-6-2-7-23-45)64(95)83-51(32-16-19-37-72)61(92)82-53(34-21-39-79-69(76)77)63(94)87-56(42-47-26-10-4-11-27-47)66(97)88-57(67(98)99)43-48-28-12-5-13-29-48/h2-13,22-29,44,49-57H,14-21,30-43,70-73H2,1H3,(H,80,91)(H,81,93)(H,82,92)(H,83,95)(H,84,96)(H,85,89)(H,86,90)(H,87,94)(H,88,97)(H,98,99)(H4,74,75,78)(H4,76,77,79)/t44-,49-,50-,51-,52-,53-,54-,55-,56-,57-/m0/s1. The highest BCUT2D eigenvalue weighted by Gasteiger charge is 2.36. The van der Waals surface area contributed by atoms with Crippen molar-refractivity contribution in [2.45, 2.75) is 176 Å². The first kappa shape index (κ1) is 81.4. The van der Waals surface area contributed by atoms with Crippen molar-refractivity contribution in [2.24, 2.45) is 34.4 Å². The molecule has 0 aliphatic heterocycles. The summed E-state index contributed by atoms with van der Waals surface area (Å²) in [7, 11) is 0. The van der Waals surface area contributed by atoms with Crippen LogP contribution in [0.25, 0.3) is 0 Å². The topological polar surface area (TPSA) is 527 Å². The molecular formula is C69H103N19O11. The molecule has 0 spiro atoms. The van der Waals surface area contributed by atoms with Crippen LogP contribution in [0, 0.1) is 10.8 Å². The zero-order valence-electron chi connectivity index (χ0n) is 56.4. The maximum absolute atomic E-state index is 14.8. The molecule has 540 valence electrons. The zero-order chi connectivity index (χ0) is 72.5. The van der Waals surface area contributed by atoms with Crippen LogP contribution in [0.5, 0.6) is 0 Å². The number of carbonyl (C=O) groups is 10. The van der Waals surface area contributed by atoms with Crippen LogP contribution in [0.4, 0.5) is 0 Å². The highest BCUT2D eigenvalue weighted by molar-refractivity contribution is 5.98. The number of carboxylic acid groups (broad SMARTS) is 1. The monoisotopic (exact) mass is 1370 g/mol. The molecule has 0 unspecified atom stereocenters. The maximum atomic E-state index is 14.8. The van der Waals surface area contributed by atoms with E-state index in [9.17, 15) is 53.1 Å². The van der Waals surface area contributed by atoms with Crippen molar-refractivity contribution in [1.82, 2.24) is 58.5 Å². The summed E-state index contributed by atoms with van der Waals surface area (Å²) in [6, 6.07) is 21.8. The molecule has 0 saturated heterocycles. The van der Waals surface area contributed by atoms with E-state index in [1.54, 1.807) is 121 Å². The largest absolute Gasteiger partial charge is 0.480 e. The Morgan fingerprint density at radius 3 is 0.909 bits per heavy atom. The van der Waals surface area contributed by atoms with Gasteiger partial charge in [-0.25, -0.2) is 4.79 Å². The third kappa shape index (κ3) is 31.8. The minimum atomic E-state index is -1.40. The quantitative estimate of drug-likeness (QED) is 0.0138. The number of amides is 9. The summed E-state index contributed by atoms with van der Waals surface area (Å²) in [6.45, 7) is 2.47. The molecule has 30 heteroatoms. The van der Waals surface area contributed by atoms with Crippen LogP contribution in [0.1, 0.15) is 113 Å². The summed E-state index contributed by atoms with van der Waals surface area (Å²) in [5.41, 5.74) is 37.2. The molecule has 0 heterocycles. The molecule has 0 aliphatic carbocycles. The first-order valence-electron chi connectivity index (χ1n) is 33.7. The zero-order valence-corrected chi connectivity index (χ0v) is 56.4. The van der Waals surface area contributed by atoms with E-state index in [-0.39, 0.29) is 102 Å². The molecule has 30 nitrogen and oxygen atoms in total. The van der Waals surface area contributed by atoms with Crippen LogP contribution >= 0.6 is 0 Å². The molecule has 0 aromatic heterocycles. The van der Waals surface area contributed by atoms with Crippen LogP contribution in [-0.2, 0) is 73.6 Å². The lowest BCUT2D eigenvalue weighted by Gasteiger charge is -2.28. The van der Waals surface area contributed by atoms with Gasteiger partial charge < -0.3 is 98.0 Å². The van der Waals surface area contributed by atoms with Gasteiger partial charge in [-0.2, -0.15) is 0 Å². The minimum Gasteiger partial charge on any atom is -0.480 e. The Morgan fingerprint density at radius 2 is 0.596 bits per heavy atom. The fraction of sp³-hybridized carbons (Fsp3) is 0.478. The van der Waals surface area contributed by atoms with Crippen LogP contribution in [-0.4, -0.2) is 169 Å². The fourth-order valence-electron chi connectivity index (χ4n) is 10.6. The smallest absolute Gasteiger partial charge is 0.326 e. The lowest BCUT2D eigenvalue weighted by atomic mass is 10.0. The summed E-state index contributed by atoms with van der Waals surface area (Å²) < 4.78 is 0. The second-order valence-electron chi connectivity index (χ2n) is 24.2. The van der Waals surface area contributed by atoms with Gasteiger partial charge in [-0.1, -0.05) is 128 Å². The fourth-order valence-corrected chi connectivity index (χ4v) is 10.6. The molecule has 0 saturated carbocycles. The van der Waals surface area contributed by atoms with Gasteiger partial charge in [-0.15, -0.1) is 0 Å². The SMILES string of the molecule is C[C@H](NC(=O)[C@H](CCCCN)NC(=O)[C@H](CCCNC(=N)N)NC(=O)[C@H](Cc1ccccc1)NC(=O)[C@@H](N)CCCCN)C(=O)N[C@@H](Cc1ccccc1)C(=O)N[C@@H](CCCCN)C(=O)N[C@@H](CCCNC(=N)N)C(=O)N[C@@H](Cc1ccccc1)C(=O)N[C@@H](Cc1ccccc1)C(=O)O. The number of carbonyl (C=O) groups excluding carboxylic acids is 9. The molecule has 0 aliphatic rings. The molecule has 4 aromatic carbocycles. The minimum absolute atomic E-state index is 0.00287. The van der Waals surface area contributed by atoms with Gasteiger partial charge in [0.15, 0.2) is 11.9 Å². The van der Waals surface area contributed by atoms with E-state index in [1.165, 1.54) is 6.92 Å². The van der Waals surface area contributed by atoms with Gasteiger partial charge in [-0.05, 0) is 126 Å². The van der Waals surface area contributed by atoms with E-state index >= 15 is 0 Å². The average Bonchev–Trinajstić information content (AvgIpc) is 0.911. The average molecular weight is 1370 g/mol. The lowest BCUT2D eigenvalue weighted by Crippen LogP contribution is -2.60. The molecule has 4 rings (SSSR count). The Hall–Kier alpha value is -10.0. The molecule has 26 N–H and O–H groups in total. The first-order chi connectivity index (χ1) is 47.5. The van der Waals surface area contributed by atoms with Crippen LogP contribution < -0.4 is 92.9 Å². The Bertz CT molecular complexity index is 3190. The summed E-state index contributed by atoms with van der Waals surface area (Å²) in [6.07, 6.45) is 3.06. The number of rotatable bonds is 47. The van der Waals surface area contributed by atoms with E-state index in [1.807, 2.05) is 0 Å². The van der Waals surface area contributed by atoms with Crippen LogP contribution in [0.2, 0.25) is 0 Å². The van der Waals surface area contributed by atoms with Crippen molar-refractivity contribution in [2.75, 3.05) is 32.7 Å². The van der Waals surface area contributed by atoms with E-state index in [2.05, 4.69) is 58.5 Å². The number of hydrogen-bond acceptors (Lipinski definition) is 16. The van der Waals surface area contributed by atoms with Crippen molar-refractivity contribution >= 4 is 71.1 Å². The summed E-state index contributed by atoms with van der Waals surface area (Å²) in [5.74, 6) is -9.05. The van der Waals surface area contributed by atoms with Gasteiger partial charge in [0.2, 0.25) is 53.2 Å². The van der Waals surface area contributed by atoms with Crippen molar-refractivity contribution in [3.8, 4) is 0 Å². The summed E-state index contributed by atoms with van der Waals surface area (Å²) >= 11 is 0. The Labute approximate surface area is 578 Å². The van der Waals surface area contributed by atoms with Gasteiger partial charge in [-0.3, -0.25) is 54.0 Å². The van der Waals surface area contributed by atoms with Crippen molar-refractivity contribution < 1.29 is 53.1 Å². The molecule has 10 atom stereocenters. The maximum Gasteiger partial charge on any atom is 0.326 e. The number of guanidine groups is 2. The molecule has 0 radical (unpaired) electrons. The van der Waals surface area contributed by atoms with Crippen LogP contribution in [0.15, 0.2) is 121 Å². The Kier molecular flexibility index (Phi) is 37.4. The van der Waals surface area contributed by atoms with Gasteiger partial charge in [0.05, 0.1) is 6.04 Å². The third-order valence-electron chi connectivity index (χ3n) is 16.1. The van der Waals surface area contributed by atoms with Gasteiger partial charge in [0, 0.05) is 38.8 Å². The van der Waals surface area contributed by atoms with Crippen molar-refractivity contribution in [3.05, 3.63) is 144 Å². The highest BCUT2D eigenvalue weighted by atomic mass is 16.4. The highest BCUT2D eigenvalue weighted by Crippen LogP contribution is 2.14. The number of aliphatic carboxylic acids is 1.